The van der Waals surface area contributed by atoms with Gasteiger partial charge in [0.2, 0.25) is 0 Å². The maximum Gasteiger partial charge on any atom is 0.330 e. The molecule has 1 unspecified atom stereocenters. The van der Waals surface area contributed by atoms with E-state index in [9.17, 15) is 4.57 Å². The highest BCUT2D eigenvalue weighted by atomic mass is 35.5. The number of rotatable bonds is 9. The van der Waals surface area contributed by atoms with Crippen LogP contribution in [0.15, 0.2) is 0 Å². The summed E-state index contributed by atoms with van der Waals surface area (Å²) in [6.45, 7) is 4.97. The highest BCUT2D eigenvalue weighted by molar-refractivity contribution is 7.53. The predicted molar refractivity (Wildman–Crippen MR) is 71.7 cm³/mol. The molecule has 0 spiro atoms. The quantitative estimate of drug-likeness (QED) is 0.521. The van der Waals surface area contributed by atoms with Crippen LogP contribution in [0.1, 0.15) is 20.3 Å². The second-order valence-corrected chi connectivity index (χ2v) is 7.36. The van der Waals surface area contributed by atoms with Gasteiger partial charge in [-0.15, -0.1) is 0 Å². The van der Waals surface area contributed by atoms with E-state index in [0.29, 0.717) is 25.7 Å². The van der Waals surface area contributed by atoms with Crippen LogP contribution < -0.4 is 4.84 Å². The summed E-state index contributed by atoms with van der Waals surface area (Å²) in [5, 5.41) is 0. The first kappa shape index (κ1) is 17.4. The molecule has 0 heterocycles. The molecule has 7 heteroatoms. The average Bonchev–Trinajstić information content (AvgIpc) is 2.26. The van der Waals surface area contributed by atoms with E-state index in [2.05, 4.69) is 4.84 Å². The van der Waals surface area contributed by atoms with Gasteiger partial charge in [0.1, 0.15) is 0 Å². The molecule has 0 saturated heterocycles. The zero-order valence-corrected chi connectivity index (χ0v) is 13.0. The van der Waals surface area contributed by atoms with E-state index in [1.165, 1.54) is 7.11 Å². The second-order valence-electron chi connectivity index (χ2n) is 4.88. The number of hydrogen-bond acceptors (Lipinski definition) is 5. The van der Waals surface area contributed by atoms with Crippen LogP contribution >= 0.6 is 19.4 Å². The molecule has 0 aliphatic rings. The van der Waals surface area contributed by atoms with Crippen molar-refractivity contribution in [3.05, 3.63) is 0 Å². The molecule has 1 atom stereocenters. The van der Waals surface area contributed by atoms with Crippen molar-refractivity contribution in [2.75, 3.05) is 40.5 Å². The average molecular weight is 287 g/mol. The van der Waals surface area contributed by atoms with Gasteiger partial charge in [0.25, 0.3) is 0 Å². The highest BCUT2D eigenvalue weighted by Gasteiger charge is 2.27. The molecule has 0 amide bonds. The molecule has 0 aliphatic carbocycles. The molecule has 17 heavy (non-hydrogen) atoms. The Morgan fingerprint density at radius 1 is 1.41 bits per heavy atom. The minimum absolute atomic E-state index is 0.291. The standard InChI is InChI=1S/C10H24ClN2O3P/c1-10(2,12-11)6-9-17(14,15-5)16-8-7-13(3)4/h12H,6-9H2,1-5H3. The third kappa shape index (κ3) is 8.14. The zero-order valence-electron chi connectivity index (χ0n) is 11.3. The van der Waals surface area contributed by atoms with E-state index in [1.807, 2.05) is 32.8 Å². The van der Waals surface area contributed by atoms with Crippen LogP contribution in [0.3, 0.4) is 0 Å². The van der Waals surface area contributed by atoms with Crippen LogP contribution in [0.2, 0.25) is 0 Å². The lowest BCUT2D eigenvalue weighted by Crippen LogP contribution is -2.33. The maximum absolute atomic E-state index is 12.2. The van der Waals surface area contributed by atoms with Crippen molar-refractivity contribution >= 4 is 19.4 Å². The fourth-order valence-corrected chi connectivity index (χ4v) is 2.74. The molecular formula is C10H24ClN2O3P. The van der Waals surface area contributed by atoms with Crippen LogP contribution in [0.5, 0.6) is 0 Å². The summed E-state index contributed by atoms with van der Waals surface area (Å²) in [6.07, 6.45) is 0.966. The summed E-state index contributed by atoms with van der Waals surface area (Å²) >= 11 is 5.58. The first-order valence-electron chi connectivity index (χ1n) is 5.56. The summed E-state index contributed by atoms with van der Waals surface area (Å²) in [6, 6.07) is 0. The smallest absolute Gasteiger partial charge is 0.312 e. The second kappa shape index (κ2) is 7.72. The minimum Gasteiger partial charge on any atom is -0.312 e. The number of halogens is 1. The summed E-state index contributed by atoms with van der Waals surface area (Å²) in [5.74, 6) is 0. The van der Waals surface area contributed by atoms with Gasteiger partial charge in [0.05, 0.1) is 12.8 Å². The molecule has 1 N–H and O–H groups in total. The summed E-state index contributed by atoms with van der Waals surface area (Å²) in [7, 11) is 2.29. The molecule has 5 nitrogen and oxygen atoms in total. The molecule has 104 valence electrons. The van der Waals surface area contributed by atoms with Crippen LogP contribution in [0, 0.1) is 0 Å². The number of likely N-dealkylation sites (N-methyl/N-ethyl adjacent to an activating group) is 1. The van der Waals surface area contributed by atoms with Crippen LogP contribution in [0.25, 0.3) is 0 Å². The van der Waals surface area contributed by atoms with Gasteiger partial charge in [0, 0.05) is 19.2 Å². The predicted octanol–water partition coefficient (Wildman–Crippen LogP) is 2.32. The van der Waals surface area contributed by atoms with Crippen molar-refractivity contribution in [2.24, 2.45) is 0 Å². The van der Waals surface area contributed by atoms with E-state index in [0.717, 1.165) is 0 Å². The molecule has 0 rings (SSSR count). The molecule has 0 bridgehead atoms. The molecule has 0 saturated carbocycles. The Hall–Kier alpha value is 0.360. The fourth-order valence-electron chi connectivity index (χ4n) is 1.03. The van der Waals surface area contributed by atoms with Gasteiger partial charge < -0.3 is 13.9 Å². The summed E-state index contributed by atoms with van der Waals surface area (Å²) < 4.78 is 22.5. The third-order valence-corrected chi connectivity index (χ3v) is 4.79. The summed E-state index contributed by atoms with van der Waals surface area (Å²) in [5.41, 5.74) is -0.291. The van der Waals surface area contributed by atoms with Gasteiger partial charge in [-0.05, 0) is 46.1 Å². The monoisotopic (exact) mass is 286 g/mol. The lowest BCUT2D eigenvalue weighted by molar-refractivity contribution is 0.208. The molecular weight excluding hydrogens is 263 g/mol. The van der Waals surface area contributed by atoms with Gasteiger partial charge in [0.15, 0.2) is 0 Å². The Bertz CT molecular complexity index is 262. The van der Waals surface area contributed by atoms with E-state index in [1.54, 1.807) is 0 Å². The van der Waals surface area contributed by atoms with Crippen molar-refractivity contribution in [2.45, 2.75) is 25.8 Å². The Labute approximate surface area is 109 Å². The van der Waals surface area contributed by atoms with Gasteiger partial charge in [-0.2, -0.15) is 0 Å². The van der Waals surface area contributed by atoms with Gasteiger partial charge >= 0.3 is 7.60 Å². The van der Waals surface area contributed by atoms with E-state index < -0.39 is 7.60 Å². The fraction of sp³-hybridized carbons (Fsp3) is 1.00. The van der Waals surface area contributed by atoms with Crippen molar-refractivity contribution in [3.63, 3.8) is 0 Å². The van der Waals surface area contributed by atoms with E-state index in [-0.39, 0.29) is 5.54 Å². The van der Waals surface area contributed by atoms with Crippen molar-refractivity contribution in [1.82, 2.24) is 9.74 Å². The van der Waals surface area contributed by atoms with Gasteiger partial charge in [-0.3, -0.25) is 4.57 Å². The molecule has 0 fully saturated rings. The normalized spacial score (nSPS) is 16.2. The van der Waals surface area contributed by atoms with E-state index >= 15 is 0 Å². The molecule has 0 radical (unpaired) electrons. The molecule has 0 aliphatic heterocycles. The number of hydrogen-bond donors (Lipinski definition) is 1. The first-order valence-corrected chi connectivity index (χ1v) is 7.67. The Morgan fingerprint density at radius 2 is 2.00 bits per heavy atom. The Morgan fingerprint density at radius 3 is 2.41 bits per heavy atom. The first-order chi connectivity index (χ1) is 7.74. The SMILES string of the molecule is COP(=O)(CCC(C)(C)NCl)OCCN(C)C. The van der Waals surface area contributed by atoms with Gasteiger partial charge in [-0.25, -0.2) is 4.84 Å². The van der Waals surface area contributed by atoms with Gasteiger partial charge in [-0.1, -0.05) is 0 Å². The minimum atomic E-state index is -2.99. The topological polar surface area (TPSA) is 50.8 Å². The van der Waals surface area contributed by atoms with Crippen LogP contribution in [-0.4, -0.2) is 51.0 Å². The zero-order chi connectivity index (χ0) is 13.5. The summed E-state index contributed by atoms with van der Waals surface area (Å²) in [4.78, 5) is 4.61. The van der Waals surface area contributed by atoms with Crippen LogP contribution in [-0.2, 0) is 13.6 Å². The van der Waals surface area contributed by atoms with Crippen LogP contribution in [0.4, 0.5) is 0 Å². The maximum atomic E-state index is 12.2. The number of nitrogens with zero attached hydrogens (tertiary/aromatic N) is 1. The van der Waals surface area contributed by atoms with Crippen molar-refractivity contribution in [1.29, 1.82) is 0 Å². The largest absolute Gasteiger partial charge is 0.330 e. The highest BCUT2D eigenvalue weighted by Crippen LogP contribution is 2.48. The van der Waals surface area contributed by atoms with Crippen molar-refractivity contribution in [3.8, 4) is 0 Å². The lowest BCUT2D eigenvalue weighted by Gasteiger charge is -2.25. The molecule has 0 aromatic heterocycles. The lowest BCUT2D eigenvalue weighted by atomic mass is 10.0. The van der Waals surface area contributed by atoms with E-state index in [4.69, 9.17) is 20.8 Å². The Kier molecular flexibility index (Phi) is 7.88. The molecule has 0 aromatic rings. The Balaban J connectivity index is 4.15. The third-order valence-electron chi connectivity index (χ3n) is 2.37. The molecule has 0 aromatic carbocycles. The number of nitrogens with one attached hydrogen (secondary N) is 1. The van der Waals surface area contributed by atoms with Crippen molar-refractivity contribution < 1.29 is 13.6 Å².